The molecule has 0 unspecified atom stereocenters. The first kappa shape index (κ1) is 20.1. The third-order valence-electron chi connectivity index (χ3n) is 3.88. The van der Waals surface area contributed by atoms with Gasteiger partial charge in [-0.25, -0.2) is 10.1 Å². The SMILES string of the molecule is Cc1ccc(OCC(=O)N/N=C/c2c(C)nn(-c3ccccc3)c2Cl)c(Br)c1. The molecular formula is C20H18BrClN4O2. The first-order valence-corrected chi connectivity index (χ1v) is 9.64. The molecule has 6 nitrogen and oxygen atoms in total. The Morgan fingerprint density at radius 1 is 1.29 bits per heavy atom. The molecule has 1 amide bonds. The molecule has 1 aromatic heterocycles. The number of benzene rings is 2. The van der Waals surface area contributed by atoms with Gasteiger partial charge in [0.2, 0.25) is 0 Å². The Kier molecular flexibility index (Phi) is 6.49. The van der Waals surface area contributed by atoms with E-state index >= 15 is 0 Å². The highest BCUT2D eigenvalue weighted by atomic mass is 79.9. The number of hydrogen-bond acceptors (Lipinski definition) is 4. The third-order valence-corrected chi connectivity index (χ3v) is 4.86. The van der Waals surface area contributed by atoms with E-state index in [1.54, 1.807) is 10.7 Å². The van der Waals surface area contributed by atoms with Crippen LogP contribution in [0.3, 0.4) is 0 Å². The minimum Gasteiger partial charge on any atom is -0.483 e. The van der Waals surface area contributed by atoms with Crippen LogP contribution in [-0.2, 0) is 4.79 Å². The molecule has 0 aliphatic heterocycles. The molecule has 0 fully saturated rings. The zero-order valence-corrected chi connectivity index (χ0v) is 17.7. The number of nitrogens with one attached hydrogen (secondary N) is 1. The molecule has 0 aliphatic rings. The molecule has 3 rings (SSSR count). The summed E-state index contributed by atoms with van der Waals surface area (Å²) in [5, 5.41) is 8.80. The van der Waals surface area contributed by atoms with Gasteiger partial charge in [0, 0.05) is 0 Å². The van der Waals surface area contributed by atoms with Crippen LogP contribution in [0, 0.1) is 13.8 Å². The number of aryl methyl sites for hydroxylation is 2. The summed E-state index contributed by atoms with van der Waals surface area (Å²) in [4.78, 5) is 12.0. The minimum atomic E-state index is -0.382. The van der Waals surface area contributed by atoms with E-state index in [0.29, 0.717) is 22.2 Å². The maximum absolute atomic E-state index is 12.0. The van der Waals surface area contributed by atoms with Gasteiger partial charge in [0.05, 0.1) is 27.6 Å². The van der Waals surface area contributed by atoms with Crippen LogP contribution in [0.4, 0.5) is 0 Å². The van der Waals surface area contributed by atoms with E-state index in [9.17, 15) is 4.79 Å². The van der Waals surface area contributed by atoms with E-state index in [2.05, 4.69) is 31.6 Å². The highest BCUT2D eigenvalue weighted by Gasteiger charge is 2.13. The van der Waals surface area contributed by atoms with Crippen LogP contribution in [0.15, 0.2) is 58.1 Å². The lowest BCUT2D eigenvalue weighted by molar-refractivity contribution is -0.123. The van der Waals surface area contributed by atoms with Crippen molar-refractivity contribution in [2.45, 2.75) is 13.8 Å². The molecule has 8 heteroatoms. The Morgan fingerprint density at radius 3 is 2.75 bits per heavy atom. The molecule has 3 aromatic rings. The Bertz CT molecular complexity index is 1020. The van der Waals surface area contributed by atoms with Gasteiger partial charge in [-0.05, 0) is 59.6 Å². The number of hydrogen-bond donors (Lipinski definition) is 1. The van der Waals surface area contributed by atoms with Gasteiger partial charge in [-0.2, -0.15) is 10.2 Å². The van der Waals surface area contributed by atoms with E-state index < -0.39 is 0 Å². The van der Waals surface area contributed by atoms with Crippen LogP contribution in [-0.4, -0.2) is 28.5 Å². The molecule has 0 aliphatic carbocycles. The van der Waals surface area contributed by atoms with Crippen LogP contribution < -0.4 is 10.2 Å². The molecule has 28 heavy (non-hydrogen) atoms. The van der Waals surface area contributed by atoms with E-state index in [0.717, 1.165) is 15.7 Å². The molecule has 0 saturated carbocycles. The standard InChI is InChI=1S/C20H18BrClN4O2/c1-13-8-9-18(17(21)10-13)28-12-19(27)24-23-11-16-14(2)25-26(20(16)22)15-6-4-3-5-7-15/h3-11H,12H2,1-2H3,(H,24,27)/b23-11+. The second kappa shape index (κ2) is 9.03. The van der Waals surface area contributed by atoms with Gasteiger partial charge in [-0.3, -0.25) is 4.79 Å². The summed E-state index contributed by atoms with van der Waals surface area (Å²) in [5.41, 5.74) is 5.70. The molecule has 0 saturated heterocycles. The second-order valence-electron chi connectivity index (χ2n) is 6.05. The van der Waals surface area contributed by atoms with Crippen molar-refractivity contribution < 1.29 is 9.53 Å². The molecule has 0 radical (unpaired) electrons. The minimum absolute atomic E-state index is 0.158. The number of ether oxygens (including phenoxy) is 1. The van der Waals surface area contributed by atoms with Gasteiger partial charge < -0.3 is 4.74 Å². The largest absolute Gasteiger partial charge is 0.483 e. The number of amides is 1. The van der Waals surface area contributed by atoms with Crippen molar-refractivity contribution in [2.75, 3.05) is 6.61 Å². The van der Waals surface area contributed by atoms with Crippen molar-refractivity contribution in [3.63, 3.8) is 0 Å². The Labute approximate surface area is 176 Å². The number of rotatable bonds is 6. The van der Waals surface area contributed by atoms with Crippen molar-refractivity contribution in [3.05, 3.63) is 75.0 Å². The lowest BCUT2D eigenvalue weighted by Crippen LogP contribution is -2.24. The number of halogens is 2. The predicted octanol–water partition coefficient (Wildman–Crippen LogP) is 4.43. The summed E-state index contributed by atoms with van der Waals surface area (Å²) in [5.74, 6) is 0.209. The van der Waals surface area contributed by atoms with Gasteiger partial charge >= 0.3 is 0 Å². The molecule has 1 heterocycles. The molecule has 144 valence electrons. The molecule has 0 spiro atoms. The van der Waals surface area contributed by atoms with Gasteiger partial charge in [0.1, 0.15) is 10.9 Å². The van der Waals surface area contributed by atoms with Crippen molar-refractivity contribution in [2.24, 2.45) is 5.10 Å². The van der Waals surface area contributed by atoms with Crippen LogP contribution in [0.2, 0.25) is 5.15 Å². The second-order valence-corrected chi connectivity index (χ2v) is 7.27. The quantitative estimate of drug-likeness (QED) is 0.436. The van der Waals surface area contributed by atoms with Gasteiger partial charge in [-0.1, -0.05) is 35.9 Å². The summed E-state index contributed by atoms with van der Waals surface area (Å²) in [7, 11) is 0. The highest BCUT2D eigenvalue weighted by Crippen LogP contribution is 2.25. The topological polar surface area (TPSA) is 68.5 Å². The van der Waals surface area contributed by atoms with Crippen molar-refractivity contribution in [1.29, 1.82) is 0 Å². The Morgan fingerprint density at radius 2 is 2.04 bits per heavy atom. The first-order chi connectivity index (χ1) is 13.5. The fourth-order valence-corrected chi connectivity index (χ4v) is 3.39. The van der Waals surface area contributed by atoms with Crippen LogP contribution in [0.5, 0.6) is 5.75 Å². The summed E-state index contributed by atoms with van der Waals surface area (Å²) < 4.78 is 7.90. The zero-order chi connectivity index (χ0) is 20.1. The number of carbonyl (C=O) groups is 1. The lowest BCUT2D eigenvalue weighted by atomic mass is 10.2. The van der Waals surface area contributed by atoms with E-state index in [1.165, 1.54) is 6.21 Å². The van der Waals surface area contributed by atoms with Crippen molar-refractivity contribution in [3.8, 4) is 11.4 Å². The zero-order valence-electron chi connectivity index (χ0n) is 15.3. The van der Waals surface area contributed by atoms with Crippen LogP contribution in [0.25, 0.3) is 5.69 Å². The van der Waals surface area contributed by atoms with Crippen LogP contribution >= 0.6 is 27.5 Å². The summed E-state index contributed by atoms with van der Waals surface area (Å²) in [6, 6.07) is 15.2. The first-order valence-electron chi connectivity index (χ1n) is 8.47. The highest BCUT2D eigenvalue weighted by molar-refractivity contribution is 9.10. The number of nitrogens with zero attached hydrogens (tertiary/aromatic N) is 3. The lowest BCUT2D eigenvalue weighted by Gasteiger charge is -2.07. The number of carbonyl (C=O) groups excluding carboxylic acids is 1. The molecule has 0 atom stereocenters. The summed E-state index contributed by atoms with van der Waals surface area (Å²) in [6.45, 7) is 3.64. The molecule has 2 aromatic carbocycles. The number of para-hydroxylation sites is 1. The van der Waals surface area contributed by atoms with Crippen LogP contribution in [0.1, 0.15) is 16.8 Å². The smallest absolute Gasteiger partial charge is 0.277 e. The molecular weight excluding hydrogens is 444 g/mol. The van der Waals surface area contributed by atoms with Crippen molar-refractivity contribution in [1.82, 2.24) is 15.2 Å². The van der Waals surface area contributed by atoms with Gasteiger partial charge in [-0.15, -0.1) is 0 Å². The van der Waals surface area contributed by atoms with E-state index in [4.69, 9.17) is 16.3 Å². The summed E-state index contributed by atoms with van der Waals surface area (Å²) >= 11 is 9.83. The fraction of sp³-hybridized carbons (Fsp3) is 0.150. The Balaban J connectivity index is 1.61. The monoisotopic (exact) mass is 460 g/mol. The van der Waals surface area contributed by atoms with Gasteiger partial charge in [0.25, 0.3) is 5.91 Å². The van der Waals surface area contributed by atoms with E-state index in [-0.39, 0.29) is 12.5 Å². The average Bonchev–Trinajstić information content (AvgIpc) is 2.96. The maximum atomic E-state index is 12.0. The molecule has 1 N–H and O–H groups in total. The normalized spacial score (nSPS) is 11.0. The number of hydrazone groups is 1. The maximum Gasteiger partial charge on any atom is 0.277 e. The third kappa shape index (κ3) is 4.79. The Hall–Kier alpha value is -2.64. The van der Waals surface area contributed by atoms with E-state index in [1.807, 2.05) is 56.3 Å². The fourth-order valence-electron chi connectivity index (χ4n) is 2.47. The number of aromatic nitrogens is 2. The predicted molar refractivity (Wildman–Crippen MR) is 113 cm³/mol. The average molecular weight is 462 g/mol. The molecule has 0 bridgehead atoms. The summed E-state index contributed by atoms with van der Waals surface area (Å²) in [6.07, 6.45) is 1.48. The van der Waals surface area contributed by atoms with Crippen molar-refractivity contribution >= 4 is 39.7 Å². The van der Waals surface area contributed by atoms with Gasteiger partial charge in [0.15, 0.2) is 6.61 Å².